The van der Waals surface area contributed by atoms with Crippen molar-refractivity contribution in [2.24, 2.45) is 0 Å². The number of carbonyl (C=O) groups is 1. The number of nitrogens with one attached hydrogen (secondary N) is 2. The second-order valence-electron chi connectivity index (χ2n) is 6.84. The SMILES string of the molecule is CC[C@H](C)NC(=O)C[C@H](NS(=O)(=O)c1ccc(C)cc1)c1ccc(OC)cc1. The van der Waals surface area contributed by atoms with E-state index < -0.39 is 16.1 Å². The van der Waals surface area contributed by atoms with Gasteiger partial charge in [-0.25, -0.2) is 13.1 Å². The number of methoxy groups -OCH3 is 1. The van der Waals surface area contributed by atoms with E-state index in [0.29, 0.717) is 11.3 Å². The lowest BCUT2D eigenvalue weighted by atomic mass is 10.0. The molecule has 28 heavy (non-hydrogen) atoms. The van der Waals surface area contributed by atoms with Gasteiger partial charge in [-0.2, -0.15) is 0 Å². The average Bonchev–Trinajstić information content (AvgIpc) is 2.67. The number of benzene rings is 2. The Hall–Kier alpha value is -2.38. The second-order valence-corrected chi connectivity index (χ2v) is 8.56. The zero-order valence-electron chi connectivity index (χ0n) is 16.7. The van der Waals surface area contributed by atoms with Crippen LogP contribution in [0.1, 0.15) is 43.9 Å². The Bertz CT molecular complexity index is 878. The van der Waals surface area contributed by atoms with Crippen molar-refractivity contribution in [1.82, 2.24) is 10.0 Å². The molecule has 152 valence electrons. The molecule has 0 fully saturated rings. The lowest BCUT2D eigenvalue weighted by Crippen LogP contribution is -2.37. The van der Waals surface area contributed by atoms with Gasteiger partial charge in [-0.3, -0.25) is 4.79 Å². The molecule has 0 aliphatic heterocycles. The van der Waals surface area contributed by atoms with E-state index in [1.54, 1.807) is 55.6 Å². The number of rotatable bonds is 9. The molecule has 0 saturated heterocycles. The number of amides is 1. The third-order valence-electron chi connectivity index (χ3n) is 4.56. The van der Waals surface area contributed by atoms with E-state index in [9.17, 15) is 13.2 Å². The smallest absolute Gasteiger partial charge is 0.241 e. The lowest BCUT2D eigenvalue weighted by molar-refractivity contribution is -0.122. The molecule has 2 atom stereocenters. The van der Waals surface area contributed by atoms with Gasteiger partial charge in [0.25, 0.3) is 0 Å². The standard InChI is InChI=1S/C21H28N2O4S/c1-5-16(3)22-21(24)14-20(17-8-10-18(27-4)11-9-17)23-28(25,26)19-12-6-15(2)7-13-19/h6-13,16,20,23H,5,14H2,1-4H3,(H,22,24)/t16-,20-/m0/s1. The van der Waals surface area contributed by atoms with E-state index in [1.165, 1.54) is 0 Å². The van der Waals surface area contributed by atoms with Crippen molar-refractivity contribution in [1.29, 1.82) is 0 Å². The van der Waals surface area contributed by atoms with Gasteiger partial charge in [0.15, 0.2) is 0 Å². The highest BCUT2D eigenvalue weighted by molar-refractivity contribution is 7.89. The third kappa shape index (κ3) is 6.07. The summed E-state index contributed by atoms with van der Waals surface area (Å²) in [7, 11) is -2.22. The second kappa shape index (κ2) is 9.71. The van der Waals surface area contributed by atoms with E-state index in [-0.39, 0.29) is 23.3 Å². The van der Waals surface area contributed by atoms with Crippen molar-refractivity contribution >= 4 is 15.9 Å². The Kier molecular flexibility index (Phi) is 7.60. The Balaban J connectivity index is 2.28. The normalized spacial score (nSPS) is 13.6. The molecule has 2 aromatic carbocycles. The van der Waals surface area contributed by atoms with Crippen molar-refractivity contribution in [3.63, 3.8) is 0 Å². The van der Waals surface area contributed by atoms with Gasteiger partial charge in [-0.15, -0.1) is 0 Å². The maximum Gasteiger partial charge on any atom is 0.241 e. The number of aryl methyl sites for hydroxylation is 1. The van der Waals surface area contributed by atoms with Gasteiger partial charge < -0.3 is 10.1 Å². The van der Waals surface area contributed by atoms with Crippen LogP contribution in [0, 0.1) is 6.92 Å². The van der Waals surface area contributed by atoms with Gasteiger partial charge in [0.05, 0.1) is 18.0 Å². The molecule has 0 heterocycles. The molecule has 1 amide bonds. The molecule has 0 aliphatic carbocycles. The minimum absolute atomic E-state index is 0.00175. The maximum atomic E-state index is 12.8. The topological polar surface area (TPSA) is 84.5 Å². The number of carbonyl (C=O) groups excluding carboxylic acids is 1. The molecule has 0 radical (unpaired) electrons. The fourth-order valence-corrected chi connectivity index (χ4v) is 3.88. The molecule has 0 saturated carbocycles. The molecule has 7 heteroatoms. The molecule has 0 aliphatic rings. The zero-order chi connectivity index (χ0) is 20.7. The van der Waals surface area contributed by atoms with Crippen LogP contribution in [0.3, 0.4) is 0 Å². The highest BCUT2D eigenvalue weighted by Crippen LogP contribution is 2.23. The molecular weight excluding hydrogens is 376 g/mol. The molecule has 0 unspecified atom stereocenters. The summed E-state index contributed by atoms with van der Waals surface area (Å²) in [6, 6.07) is 12.9. The Morgan fingerprint density at radius 1 is 1.07 bits per heavy atom. The van der Waals surface area contributed by atoms with E-state index in [2.05, 4.69) is 10.0 Å². The van der Waals surface area contributed by atoms with E-state index >= 15 is 0 Å². The van der Waals surface area contributed by atoms with Gasteiger partial charge in [-0.05, 0) is 50.1 Å². The van der Waals surface area contributed by atoms with Gasteiger partial charge in [0.2, 0.25) is 15.9 Å². The highest BCUT2D eigenvalue weighted by atomic mass is 32.2. The van der Waals surface area contributed by atoms with Crippen LogP contribution in [0.25, 0.3) is 0 Å². The molecular formula is C21H28N2O4S. The fourth-order valence-electron chi connectivity index (χ4n) is 2.66. The maximum absolute atomic E-state index is 12.8. The van der Waals surface area contributed by atoms with Crippen molar-refractivity contribution in [3.05, 3.63) is 59.7 Å². The van der Waals surface area contributed by atoms with E-state index in [0.717, 1.165) is 12.0 Å². The molecule has 0 bridgehead atoms. The lowest BCUT2D eigenvalue weighted by Gasteiger charge is -2.21. The molecule has 6 nitrogen and oxygen atoms in total. The van der Waals surface area contributed by atoms with Crippen LogP contribution in [-0.2, 0) is 14.8 Å². The van der Waals surface area contributed by atoms with Crippen molar-refractivity contribution in [2.45, 2.75) is 50.6 Å². The van der Waals surface area contributed by atoms with Gasteiger partial charge >= 0.3 is 0 Å². The summed E-state index contributed by atoms with van der Waals surface area (Å²) < 4.78 is 33.5. The van der Waals surface area contributed by atoms with Gasteiger partial charge in [0.1, 0.15) is 5.75 Å². The van der Waals surface area contributed by atoms with Crippen LogP contribution >= 0.6 is 0 Å². The predicted molar refractivity (Wildman–Crippen MR) is 110 cm³/mol. The number of hydrogen-bond acceptors (Lipinski definition) is 4. The van der Waals surface area contributed by atoms with Crippen LogP contribution < -0.4 is 14.8 Å². The summed E-state index contributed by atoms with van der Waals surface area (Å²) in [6.45, 7) is 5.78. The van der Waals surface area contributed by atoms with Gasteiger partial charge in [0, 0.05) is 12.5 Å². The van der Waals surface area contributed by atoms with Crippen LogP contribution in [0.2, 0.25) is 0 Å². The average molecular weight is 405 g/mol. The third-order valence-corrected chi connectivity index (χ3v) is 6.04. The summed E-state index contributed by atoms with van der Waals surface area (Å²) in [5, 5.41) is 2.89. The largest absolute Gasteiger partial charge is 0.497 e. The van der Waals surface area contributed by atoms with E-state index in [1.807, 2.05) is 20.8 Å². The Morgan fingerprint density at radius 2 is 1.68 bits per heavy atom. The first-order valence-electron chi connectivity index (χ1n) is 9.27. The summed E-state index contributed by atoms with van der Waals surface area (Å²) in [6.07, 6.45) is 0.801. The first-order chi connectivity index (χ1) is 13.2. The van der Waals surface area contributed by atoms with Crippen LogP contribution in [-0.4, -0.2) is 27.5 Å². The summed E-state index contributed by atoms with van der Waals surface area (Å²) in [4.78, 5) is 12.6. The zero-order valence-corrected chi connectivity index (χ0v) is 17.5. The Labute approximate surface area is 167 Å². The first kappa shape index (κ1) is 21.9. The molecule has 2 rings (SSSR count). The summed E-state index contributed by atoms with van der Waals surface area (Å²) >= 11 is 0. The van der Waals surface area contributed by atoms with Crippen molar-refractivity contribution < 1.29 is 17.9 Å². The van der Waals surface area contributed by atoms with Crippen LogP contribution in [0.5, 0.6) is 5.75 Å². The van der Waals surface area contributed by atoms with E-state index in [4.69, 9.17) is 4.74 Å². The molecule has 0 spiro atoms. The highest BCUT2D eigenvalue weighted by Gasteiger charge is 2.24. The minimum atomic E-state index is -3.78. The minimum Gasteiger partial charge on any atom is -0.497 e. The quantitative estimate of drug-likeness (QED) is 0.671. The predicted octanol–water partition coefficient (Wildman–Crippen LogP) is 3.33. The monoisotopic (exact) mass is 404 g/mol. The number of hydrogen-bond donors (Lipinski definition) is 2. The summed E-state index contributed by atoms with van der Waals surface area (Å²) in [5.74, 6) is 0.453. The number of sulfonamides is 1. The summed E-state index contributed by atoms with van der Waals surface area (Å²) in [5.41, 5.74) is 1.66. The molecule has 0 aromatic heterocycles. The fraction of sp³-hybridized carbons (Fsp3) is 0.381. The van der Waals surface area contributed by atoms with Crippen molar-refractivity contribution in [3.8, 4) is 5.75 Å². The molecule has 2 aromatic rings. The first-order valence-corrected chi connectivity index (χ1v) is 10.8. The Morgan fingerprint density at radius 3 is 2.21 bits per heavy atom. The molecule has 2 N–H and O–H groups in total. The number of ether oxygens (including phenoxy) is 1. The van der Waals surface area contributed by atoms with Crippen LogP contribution in [0.4, 0.5) is 0 Å². The van der Waals surface area contributed by atoms with Crippen LogP contribution in [0.15, 0.2) is 53.4 Å². The van der Waals surface area contributed by atoms with Crippen molar-refractivity contribution in [2.75, 3.05) is 7.11 Å². The van der Waals surface area contributed by atoms with Gasteiger partial charge in [-0.1, -0.05) is 36.8 Å².